The van der Waals surface area contributed by atoms with Crippen molar-refractivity contribution in [1.82, 2.24) is 10.2 Å². The predicted molar refractivity (Wildman–Crippen MR) is 65.2 cm³/mol. The molecular formula is C11H20N4O3. The average molecular weight is 256 g/mol. The Morgan fingerprint density at radius 3 is 1.94 bits per heavy atom. The fourth-order valence-electron chi connectivity index (χ4n) is 2.15. The first-order chi connectivity index (χ1) is 8.35. The molecule has 1 heterocycles. The molecule has 0 aromatic carbocycles. The summed E-state index contributed by atoms with van der Waals surface area (Å²) in [6.45, 7) is 2.77. The number of nitrogens with zero attached hydrogens (tertiary/aromatic N) is 1. The maximum absolute atomic E-state index is 12.4. The lowest BCUT2D eigenvalue weighted by Gasteiger charge is -2.36. The van der Waals surface area contributed by atoms with Gasteiger partial charge in [0.25, 0.3) is 0 Å². The summed E-state index contributed by atoms with van der Waals surface area (Å²) in [6.07, 6.45) is 1.33. The van der Waals surface area contributed by atoms with Gasteiger partial charge in [-0.15, -0.1) is 0 Å². The third-order valence-electron chi connectivity index (χ3n) is 3.20. The van der Waals surface area contributed by atoms with Gasteiger partial charge in [0.15, 0.2) is 0 Å². The van der Waals surface area contributed by atoms with Crippen LogP contribution < -0.4 is 16.8 Å². The molecule has 1 aliphatic rings. The van der Waals surface area contributed by atoms with E-state index in [2.05, 4.69) is 5.32 Å². The minimum atomic E-state index is -0.651. The molecule has 0 unspecified atom stereocenters. The number of hydrogen-bond donors (Lipinski definition) is 3. The van der Waals surface area contributed by atoms with E-state index in [1.165, 1.54) is 0 Å². The summed E-state index contributed by atoms with van der Waals surface area (Å²) in [7, 11) is 0. The molecule has 1 rings (SSSR count). The van der Waals surface area contributed by atoms with Crippen molar-refractivity contribution in [2.75, 3.05) is 26.2 Å². The number of carbonyl (C=O) groups excluding carboxylic acids is 3. The number of piperidine rings is 1. The first-order valence-electron chi connectivity index (χ1n) is 5.92. The summed E-state index contributed by atoms with van der Waals surface area (Å²) in [5.74, 6) is -1.54. The highest BCUT2D eigenvalue weighted by Gasteiger charge is 2.38. The Morgan fingerprint density at radius 2 is 1.56 bits per heavy atom. The van der Waals surface area contributed by atoms with Crippen LogP contribution in [0.2, 0.25) is 0 Å². The van der Waals surface area contributed by atoms with Gasteiger partial charge in [-0.2, -0.15) is 0 Å². The molecule has 7 nitrogen and oxygen atoms in total. The van der Waals surface area contributed by atoms with Gasteiger partial charge in [-0.1, -0.05) is 6.92 Å². The van der Waals surface area contributed by atoms with E-state index >= 15 is 0 Å². The lowest BCUT2D eigenvalue weighted by Crippen LogP contribution is -2.52. The van der Waals surface area contributed by atoms with E-state index in [-0.39, 0.29) is 19.0 Å². The normalized spacial score (nSPS) is 18.1. The maximum Gasteiger partial charge on any atom is 0.237 e. The average Bonchev–Trinajstić information content (AvgIpc) is 2.27. The van der Waals surface area contributed by atoms with E-state index in [1.807, 2.05) is 6.92 Å². The molecule has 18 heavy (non-hydrogen) atoms. The first-order valence-corrected chi connectivity index (χ1v) is 5.92. The summed E-state index contributed by atoms with van der Waals surface area (Å²) >= 11 is 0. The smallest absolute Gasteiger partial charge is 0.237 e. The van der Waals surface area contributed by atoms with E-state index in [1.54, 1.807) is 0 Å². The number of carbonyl (C=O) groups is 3. The lowest BCUT2D eigenvalue weighted by atomic mass is 9.79. The minimum absolute atomic E-state index is 0.235. The van der Waals surface area contributed by atoms with E-state index in [0.717, 1.165) is 18.0 Å². The molecule has 5 N–H and O–H groups in total. The van der Waals surface area contributed by atoms with Crippen LogP contribution >= 0.6 is 0 Å². The monoisotopic (exact) mass is 256 g/mol. The van der Waals surface area contributed by atoms with Crippen LogP contribution in [-0.2, 0) is 14.4 Å². The van der Waals surface area contributed by atoms with Crippen molar-refractivity contribution in [3.05, 3.63) is 0 Å². The van der Waals surface area contributed by atoms with Gasteiger partial charge in [-0.3, -0.25) is 14.4 Å². The van der Waals surface area contributed by atoms with Crippen LogP contribution in [0.15, 0.2) is 0 Å². The van der Waals surface area contributed by atoms with Crippen molar-refractivity contribution < 1.29 is 14.4 Å². The van der Waals surface area contributed by atoms with Gasteiger partial charge in [-0.25, -0.2) is 0 Å². The summed E-state index contributed by atoms with van der Waals surface area (Å²) in [5.41, 5.74) is 9.61. The van der Waals surface area contributed by atoms with E-state index in [9.17, 15) is 14.4 Å². The van der Waals surface area contributed by atoms with Crippen molar-refractivity contribution in [3.8, 4) is 0 Å². The van der Waals surface area contributed by atoms with Crippen LogP contribution in [0.1, 0.15) is 19.8 Å². The zero-order chi connectivity index (χ0) is 13.8. The molecule has 0 aromatic heterocycles. The molecule has 1 saturated heterocycles. The van der Waals surface area contributed by atoms with Gasteiger partial charge < -0.3 is 21.7 Å². The Morgan fingerprint density at radius 1 is 1.11 bits per heavy atom. The van der Waals surface area contributed by atoms with Crippen molar-refractivity contribution in [2.24, 2.45) is 16.9 Å². The molecule has 3 amide bonds. The topological polar surface area (TPSA) is 119 Å². The zero-order valence-electron chi connectivity index (χ0n) is 10.6. The van der Waals surface area contributed by atoms with Gasteiger partial charge >= 0.3 is 0 Å². The molecular weight excluding hydrogens is 236 g/mol. The standard InChI is InChI=1S/C11H20N4O3/c1-11(2-4-14-5-3-11)10(18)15(6-8(12)16)7-9(13)17/h14H,2-7H2,1H3,(H2,12,16)(H2,13,17). The van der Waals surface area contributed by atoms with Gasteiger partial charge in [-0.05, 0) is 25.9 Å². The van der Waals surface area contributed by atoms with Gasteiger partial charge in [0.1, 0.15) is 0 Å². The predicted octanol–water partition coefficient (Wildman–Crippen LogP) is -1.82. The fraction of sp³-hybridized carbons (Fsp3) is 0.727. The van der Waals surface area contributed by atoms with Gasteiger partial charge in [0.05, 0.1) is 13.1 Å². The highest BCUT2D eigenvalue weighted by molar-refractivity contribution is 5.90. The molecule has 0 aromatic rings. The quantitative estimate of drug-likeness (QED) is 0.536. The third-order valence-corrected chi connectivity index (χ3v) is 3.20. The lowest BCUT2D eigenvalue weighted by molar-refractivity contribution is -0.147. The van der Waals surface area contributed by atoms with Crippen LogP contribution in [-0.4, -0.2) is 48.8 Å². The molecule has 0 aliphatic carbocycles. The second-order valence-corrected chi connectivity index (χ2v) is 4.90. The van der Waals surface area contributed by atoms with Crippen molar-refractivity contribution in [3.63, 3.8) is 0 Å². The van der Waals surface area contributed by atoms with Crippen molar-refractivity contribution >= 4 is 17.7 Å². The number of rotatable bonds is 5. The number of nitrogens with two attached hydrogens (primary N) is 2. The Balaban J connectivity index is 2.79. The van der Waals surface area contributed by atoms with Crippen molar-refractivity contribution in [2.45, 2.75) is 19.8 Å². The highest BCUT2D eigenvalue weighted by Crippen LogP contribution is 2.30. The third kappa shape index (κ3) is 3.69. The van der Waals surface area contributed by atoms with Crippen LogP contribution in [0, 0.1) is 5.41 Å². The summed E-state index contributed by atoms with van der Waals surface area (Å²) in [4.78, 5) is 35.4. The number of hydrogen-bond acceptors (Lipinski definition) is 4. The molecule has 1 fully saturated rings. The fourth-order valence-corrected chi connectivity index (χ4v) is 2.15. The van der Waals surface area contributed by atoms with Crippen LogP contribution in [0.5, 0.6) is 0 Å². The Kier molecular flexibility index (Phi) is 4.66. The molecule has 0 radical (unpaired) electrons. The molecule has 102 valence electrons. The molecule has 7 heteroatoms. The van der Waals surface area contributed by atoms with E-state index in [4.69, 9.17) is 11.5 Å². The maximum atomic E-state index is 12.4. The minimum Gasteiger partial charge on any atom is -0.368 e. The Bertz CT molecular complexity index is 334. The number of amides is 3. The SMILES string of the molecule is CC1(C(=O)N(CC(N)=O)CC(N)=O)CCNCC1. The molecule has 1 aliphatic heterocycles. The number of primary amides is 2. The van der Waals surface area contributed by atoms with Gasteiger partial charge in [0.2, 0.25) is 17.7 Å². The second-order valence-electron chi connectivity index (χ2n) is 4.90. The molecule has 0 spiro atoms. The second kappa shape index (κ2) is 5.81. The summed E-state index contributed by atoms with van der Waals surface area (Å²) in [6, 6.07) is 0. The highest BCUT2D eigenvalue weighted by atomic mass is 16.2. The Labute approximate surface area is 106 Å². The number of nitrogens with one attached hydrogen (secondary N) is 1. The molecule has 0 saturated carbocycles. The van der Waals surface area contributed by atoms with Crippen LogP contribution in [0.3, 0.4) is 0 Å². The molecule has 0 bridgehead atoms. The summed E-state index contributed by atoms with van der Waals surface area (Å²) in [5, 5.41) is 3.16. The Hall–Kier alpha value is -1.63. The zero-order valence-corrected chi connectivity index (χ0v) is 10.6. The summed E-state index contributed by atoms with van der Waals surface area (Å²) < 4.78 is 0. The first kappa shape index (κ1) is 14.4. The molecule has 0 atom stereocenters. The van der Waals surface area contributed by atoms with E-state index < -0.39 is 17.2 Å². The van der Waals surface area contributed by atoms with Crippen LogP contribution in [0.4, 0.5) is 0 Å². The van der Waals surface area contributed by atoms with Crippen LogP contribution in [0.25, 0.3) is 0 Å². The van der Waals surface area contributed by atoms with Gasteiger partial charge in [0, 0.05) is 5.41 Å². The largest absolute Gasteiger partial charge is 0.368 e. The van der Waals surface area contributed by atoms with E-state index in [0.29, 0.717) is 12.8 Å². The van der Waals surface area contributed by atoms with Crippen molar-refractivity contribution in [1.29, 1.82) is 0 Å².